The molecule has 4 nitrogen and oxygen atoms in total. The average molecular weight is 250 g/mol. The molecule has 0 aliphatic rings. The van der Waals surface area contributed by atoms with Crippen LogP contribution in [0.2, 0.25) is 0 Å². The van der Waals surface area contributed by atoms with E-state index in [0.717, 1.165) is 0 Å². The summed E-state index contributed by atoms with van der Waals surface area (Å²) in [4.78, 5) is 8.09. The van der Waals surface area contributed by atoms with E-state index in [0.29, 0.717) is 18.3 Å². The molecule has 17 heavy (non-hydrogen) atoms. The molecule has 1 aromatic rings. The Bertz CT molecular complexity index is 416. The van der Waals surface area contributed by atoms with Crippen LogP contribution >= 0.6 is 12.2 Å². The quantitative estimate of drug-likeness (QED) is 0.470. The molecular formula is C12H14N2O2S. The number of nitrogens with zero attached hydrogens (tertiary/aromatic N) is 2. The Morgan fingerprint density at radius 2 is 2.35 bits per heavy atom. The Kier molecular flexibility index (Phi) is 5.88. The number of hydrogen-bond acceptors (Lipinski definition) is 5. The van der Waals surface area contributed by atoms with Gasteiger partial charge in [0.2, 0.25) is 11.8 Å². The molecule has 0 bridgehead atoms. The lowest BCUT2D eigenvalue weighted by atomic mass is 10.5. The van der Waals surface area contributed by atoms with Gasteiger partial charge in [0.05, 0.1) is 0 Å². The number of thiocarbonyl (C=S) groups is 1. The molecule has 90 valence electrons. The number of aromatic nitrogens is 1. The Balaban J connectivity index is 2.57. The maximum atomic E-state index is 5.27. The fourth-order valence-corrected chi connectivity index (χ4v) is 1.19. The van der Waals surface area contributed by atoms with Crippen LogP contribution in [-0.2, 0) is 4.74 Å². The van der Waals surface area contributed by atoms with Gasteiger partial charge in [-0.15, -0.1) is 0 Å². The van der Waals surface area contributed by atoms with E-state index < -0.39 is 0 Å². The van der Waals surface area contributed by atoms with Crippen molar-refractivity contribution in [2.24, 2.45) is 4.99 Å². The summed E-state index contributed by atoms with van der Waals surface area (Å²) < 4.78 is 10.5. The lowest BCUT2D eigenvalue weighted by Gasteiger charge is -2.06. The second-order valence-electron chi connectivity index (χ2n) is 2.93. The van der Waals surface area contributed by atoms with Crippen molar-refractivity contribution in [3.63, 3.8) is 0 Å². The van der Waals surface area contributed by atoms with Gasteiger partial charge in [0.1, 0.15) is 0 Å². The molecule has 0 spiro atoms. The highest BCUT2D eigenvalue weighted by Crippen LogP contribution is 2.05. The highest BCUT2D eigenvalue weighted by atomic mass is 32.1. The van der Waals surface area contributed by atoms with Crippen LogP contribution in [0.4, 0.5) is 0 Å². The third-order valence-electron chi connectivity index (χ3n) is 1.64. The number of rotatable bonds is 3. The standard InChI is InChI=1S/C12H14N2O2S/c1-3-7-10(13-4-2)15-12(17)16-11-8-5-6-9-14-11/h3,5-9H,4H2,1-2H3/b7-3-,13-10?. The Hall–Kier alpha value is -1.75. The summed E-state index contributed by atoms with van der Waals surface area (Å²) in [5.41, 5.74) is 0. The summed E-state index contributed by atoms with van der Waals surface area (Å²) in [6.07, 6.45) is 5.15. The molecule has 0 saturated carbocycles. The third kappa shape index (κ3) is 5.21. The lowest BCUT2D eigenvalue weighted by molar-refractivity contribution is 0.389. The van der Waals surface area contributed by atoms with Crippen molar-refractivity contribution in [2.75, 3.05) is 6.54 Å². The van der Waals surface area contributed by atoms with Gasteiger partial charge in [-0.2, -0.15) is 0 Å². The van der Waals surface area contributed by atoms with Gasteiger partial charge in [0.15, 0.2) is 0 Å². The third-order valence-corrected chi connectivity index (χ3v) is 1.80. The Morgan fingerprint density at radius 3 is 2.94 bits per heavy atom. The van der Waals surface area contributed by atoms with Crippen molar-refractivity contribution in [1.82, 2.24) is 4.98 Å². The SMILES string of the molecule is C/C=C\C(=NCC)OC(=S)Oc1ccccn1. The first kappa shape index (κ1) is 13.3. The van der Waals surface area contributed by atoms with Gasteiger partial charge < -0.3 is 9.47 Å². The van der Waals surface area contributed by atoms with Gasteiger partial charge in [0.25, 0.3) is 0 Å². The number of aliphatic imine (C=N–C) groups is 1. The number of hydrogen-bond donors (Lipinski definition) is 0. The fraction of sp³-hybridized carbons (Fsp3) is 0.250. The maximum Gasteiger partial charge on any atom is 0.366 e. The molecule has 0 aliphatic heterocycles. The molecule has 0 amide bonds. The summed E-state index contributed by atoms with van der Waals surface area (Å²) in [6, 6.07) is 5.29. The Labute approximate surface area is 106 Å². The largest absolute Gasteiger partial charge is 0.399 e. The highest BCUT2D eigenvalue weighted by molar-refractivity contribution is 7.79. The fourth-order valence-electron chi connectivity index (χ4n) is 1.02. The zero-order valence-corrected chi connectivity index (χ0v) is 10.6. The van der Waals surface area contributed by atoms with E-state index in [1.54, 1.807) is 30.5 Å². The van der Waals surface area contributed by atoms with Crippen LogP contribution < -0.4 is 4.74 Å². The van der Waals surface area contributed by atoms with Crippen molar-refractivity contribution >= 4 is 23.4 Å². The molecule has 1 heterocycles. The molecule has 0 N–H and O–H groups in total. The van der Waals surface area contributed by atoms with Crippen molar-refractivity contribution in [2.45, 2.75) is 13.8 Å². The summed E-state index contributed by atoms with van der Waals surface area (Å²) in [7, 11) is 0. The number of allylic oxidation sites excluding steroid dienone is 1. The minimum atomic E-state index is -0.0194. The smallest absolute Gasteiger partial charge is 0.366 e. The van der Waals surface area contributed by atoms with Crippen molar-refractivity contribution < 1.29 is 9.47 Å². The summed E-state index contributed by atoms with van der Waals surface area (Å²) in [5, 5.41) is -0.0194. The van der Waals surface area contributed by atoms with Gasteiger partial charge in [-0.25, -0.2) is 4.98 Å². The zero-order valence-electron chi connectivity index (χ0n) is 9.79. The van der Waals surface area contributed by atoms with Crippen LogP contribution in [0.15, 0.2) is 41.5 Å². The van der Waals surface area contributed by atoms with Crippen molar-refractivity contribution in [1.29, 1.82) is 0 Å². The minimum Gasteiger partial charge on any atom is -0.399 e. The predicted octanol–water partition coefficient (Wildman–Crippen LogP) is 2.76. The van der Waals surface area contributed by atoms with E-state index in [-0.39, 0.29) is 5.24 Å². The van der Waals surface area contributed by atoms with Crippen LogP contribution in [0.1, 0.15) is 13.8 Å². The molecule has 0 radical (unpaired) electrons. The van der Waals surface area contributed by atoms with Gasteiger partial charge in [-0.1, -0.05) is 12.1 Å². The number of ether oxygens (including phenoxy) is 2. The molecular weight excluding hydrogens is 236 g/mol. The van der Waals surface area contributed by atoms with E-state index in [1.165, 1.54) is 0 Å². The first-order valence-corrected chi connectivity index (χ1v) is 5.65. The molecule has 0 fully saturated rings. The second kappa shape index (κ2) is 7.51. The van der Waals surface area contributed by atoms with Crippen LogP contribution in [0, 0.1) is 0 Å². The van der Waals surface area contributed by atoms with Gasteiger partial charge in [-0.05, 0) is 26.0 Å². The topological polar surface area (TPSA) is 43.7 Å². The van der Waals surface area contributed by atoms with Gasteiger partial charge in [0, 0.05) is 31.0 Å². The molecule has 0 saturated heterocycles. The first-order valence-electron chi connectivity index (χ1n) is 5.24. The second-order valence-corrected chi connectivity index (χ2v) is 3.27. The lowest BCUT2D eigenvalue weighted by Crippen LogP contribution is -2.15. The predicted molar refractivity (Wildman–Crippen MR) is 71.3 cm³/mol. The van der Waals surface area contributed by atoms with Gasteiger partial charge in [-0.3, -0.25) is 4.99 Å². The van der Waals surface area contributed by atoms with Gasteiger partial charge >= 0.3 is 5.24 Å². The molecule has 0 aromatic carbocycles. The summed E-state index contributed by atoms with van der Waals surface area (Å²) in [6.45, 7) is 4.40. The minimum absolute atomic E-state index is 0.0194. The molecule has 0 aliphatic carbocycles. The molecule has 1 rings (SSSR count). The van der Waals surface area contributed by atoms with Crippen LogP contribution in [0.5, 0.6) is 5.88 Å². The molecule has 5 heteroatoms. The van der Waals surface area contributed by atoms with Crippen molar-refractivity contribution in [3.05, 3.63) is 36.5 Å². The summed E-state index contributed by atoms with van der Waals surface area (Å²) >= 11 is 4.94. The Morgan fingerprint density at radius 1 is 1.53 bits per heavy atom. The first-order chi connectivity index (χ1) is 8.26. The molecule has 1 aromatic heterocycles. The van der Waals surface area contributed by atoms with E-state index in [4.69, 9.17) is 21.7 Å². The average Bonchev–Trinajstić information content (AvgIpc) is 2.30. The van der Waals surface area contributed by atoms with Crippen LogP contribution in [-0.4, -0.2) is 22.7 Å². The molecule has 0 atom stereocenters. The van der Waals surface area contributed by atoms with E-state index in [9.17, 15) is 0 Å². The van der Waals surface area contributed by atoms with E-state index in [2.05, 4.69) is 9.98 Å². The summed E-state index contributed by atoms with van der Waals surface area (Å²) in [5.74, 6) is 0.824. The van der Waals surface area contributed by atoms with Crippen LogP contribution in [0.3, 0.4) is 0 Å². The monoisotopic (exact) mass is 250 g/mol. The van der Waals surface area contributed by atoms with Crippen molar-refractivity contribution in [3.8, 4) is 5.88 Å². The van der Waals surface area contributed by atoms with E-state index in [1.807, 2.05) is 19.9 Å². The van der Waals surface area contributed by atoms with Crippen LogP contribution in [0.25, 0.3) is 0 Å². The zero-order chi connectivity index (χ0) is 12.5. The van der Waals surface area contributed by atoms with E-state index >= 15 is 0 Å². The number of pyridine rings is 1. The molecule has 0 unspecified atom stereocenters. The maximum absolute atomic E-state index is 5.27. The normalized spacial score (nSPS) is 11.5. The highest BCUT2D eigenvalue weighted by Gasteiger charge is 2.04.